The highest BCUT2D eigenvalue weighted by atomic mass is 79.9. The van der Waals surface area contributed by atoms with E-state index >= 15 is 0 Å². The summed E-state index contributed by atoms with van der Waals surface area (Å²) in [6.45, 7) is 2.97. The topological polar surface area (TPSA) is 72.2 Å². The highest BCUT2D eigenvalue weighted by Crippen LogP contribution is 2.31. The quantitative estimate of drug-likeness (QED) is 0.705. The van der Waals surface area contributed by atoms with Gasteiger partial charge < -0.3 is 5.73 Å². The zero-order valence-corrected chi connectivity index (χ0v) is 13.6. The van der Waals surface area contributed by atoms with Crippen LogP contribution in [0.4, 0.5) is 0 Å². The Morgan fingerprint density at radius 1 is 1.39 bits per heavy atom. The van der Waals surface area contributed by atoms with E-state index in [0.29, 0.717) is 21.8 Å². The van der Waals surface area contributed by atoms with Gasteiger partial charge in [0.25, 0.3) is 0 Å². The normalized spacial score (nSPS) is 11.9. The number of hydrogen-bond donors (Lipinski definition) is 2. The lowest BCUT2D eigenvalue weighted by molar-refractivity contribution is 0.573. The van der Waals surface area contributed by atoms with Gasteiger partial charge in [-0.3, -0.25) is 0 Å². The van der Waals surface area contributed by atoms with Crippen molar-refractivity contribution in [2.75, 3.05) is 6.54 Å². The summed E-state index contributed by atoms with van der Waals surface area (Å²) in [6.07, 6.45) is 4.21. The van der Waals surface area contributed by atoms with E-state index in [4.69, 9.17) is 5.73 Å². The first-order chi connectivity index (χ1) is 8.51. The molecule has 7 heteroatoms. The Labute approximate surface area is 121 Å². The third-order valence-electron chi connectivity index (χ3n) is 2.52. The molecule has 0 spiro atoms. The van der Waals surface area contributed by atoms with E-state index in [1.807, 2.05) is 0 Å². The fourth-order valence-corrected chi connectivity index (χ4v) is 5.15. The first-order valence-corrected chi connectivity index (χ1v) is 9.08. The van der Waals surface area contributed by atoms with Crippen molar-refractivity contribution in [3.63, 3.8) is 0 Å². The van der Waals surface area contributed by atoms with E-state index in [1.54, 1.807) is 6.07 Å². The number of nitrogens with one attached hydrogen (secondary N) is 1. The maximum Gasteiger partial charge on any atom is 0.242 e. The number of sulfonamides is 1. The Bertz CT molecular complexity index is 471. The predicted octanol–water partition coefficient (Wildman–Crippen LogP) is 2.83. The molecular weight excluding hydrogens is 336 g/mol. The van der Waals surface area contributed by atoms with Crippen LogP contribution in [0.2, 0.25) is 0 Å². The van der Waals surface area contributed by atoms with Crippen molar-refractivity contribution in [2.24, 2.45) is 5.73 Å². The second-order valence-corrected chi connectivity index (χ2v) is 8.20. The summed E-state index contributed by atoms with van der Waals surface area (Å²) in [6, 6.07) is 1.63. The molecule has 18 heavy (non-hydrogen) atoms. The molecule has 0 bridgehead atoms. The van der Waals surface area contributed by atoms with Crippen LogP contribution in [0, 0.1) is 0 Å². The Balaban J connectivity index is 2.60. The van der Waals surface area contributed by atoms with E-state index in [-0.39, 0.29) is 0 Å². The summed E-state index contributed by atoms with van der Waals surface area (Å²) in [4.78, 5) is 1.15. The lowest BCUT2D eigenvalue weighted by Crippen LogP contribution is -2.24. The minimum absolute atomic E-state index is 0.295. The van der Waals surface area contributed by atoms with Gasteiger partial charge in [0.2, 0.25) is 10.0 Å². The van der Waals surface area contributed by atoms with Gasteiger partial charge in [0, 0.05) is 18.0 Å². The summed E-state index contributed by atoms with van der Waals surface area (Å²) >= 11 is 4.63. The van der Waals surface area contributed by atoms with Gasteiger partial charge in [-0.15, -0.1) is 11.3 Å². The van der Waals surface area contributed by atoms with Crippen LogP contribution in [-0.2, 0) is 16.6 Å². The number of halogens is 1. The van der Waals surface area contributed by atoms with Crippen molar-refractivity contribution < 1.29 is 8.42 Å². The molecule has 0 amide bonds. The number of thiophene rings is 1. The lowest BCUT2D eigenvalue weighted by atomic mass is 10.2. The summed E-state index contributed by atoms with van der Waals surface area (Å²) in [5.74, 6) is 0. The number of hydrogen-bond acceptors (Lipinski definition) is 4. The van der Waals surface area contributed by atoms with Crippen LogP contribution in [0.1, 0.15) is 37.5 Å². The van der Waals surface area contributed by atoms with Crippen LogP contribution in [0.15, 0.2) is 14.7 Å². The molecule has 1 aromatic rings. The zero-order chi connectivity index (χ0) is 13.6. The Morgan fingerprint density at radius 3 is 2.67 bits per heavy atom. The average Bonchev–Trinajstić information content (AvgIpc) is 2.71. The maximum atomic E-state index is 12.0. The van der Waals surface area contributed by atoms with Crippen molar-refractivity contribution in [1.82, 2.24) is 4.72 Å². The molecule has 0 atom stereocenters. The Hall–Kier alpha value is 0.0500. The fraction of sp³-hybridized carbons (Fsp3) is 0.636. The first-order valence-electron chi connectivity index (χ1n) is 5.99. The predicted molar refractivity (Wildman–Crippen MR) is 79.2 cm³/mol. The smallest absolute Gasteiger partial charge is 0.242 e. The number of nitrogens with two attached hydrogens (primary N) is 1. The molecule has 0 aliphatic rings. The molecule has 0 fully saturated rings. The molecule has 3 N–H and O–H groups in total. The van der Waals surface area contributed by atoms with Crippen LogP contribution < -0.4 is 10.5 Å². The fourth-order valence-electron chi connectivity index (χ4n) is 1.52. The van der Waals surface area contributed by atoms with Gasteiger partial charge in [-0.25, -0.2) is 13.1 Å². The minimum atomic E-state index is -3.41. The lowest BCUT2D eigenvalue weighted by Gasteiger charge is -2.05. The summed E-state index contributed by atoms with van der Waals surface area (Å²) in [5, 5.41) is 0. The van der Waals surface area contributed by atoms with Crippen molar-refractivity contribution in [3.8, 4) is 0 Å². The van der Waals surface area contributed by atoms with Gasteiger partial charge in [-0.05, 0) is 28.4 Å². The van der Waals surface area contributed by atoms with Crippen LogP contribution in [0.3, 0.4) is 0 Å². The molecule has 0 saturated carbocycles. The molecule has 4 nitrogen and oxygen atoms in total. The molecule has 1 rings (SSSR count). The summed E-state index contributed by atoms with van der Waals surface area (Å²) in [5.41, 5.74) is 5.50. The Kier molecular flexibility index (Phi) is 6.79. The molecule has 1 aromatic heterocycles. The number of unbranched alkanes of at least 4 members (excludes halogenated alkanes) is 3. The molecule has 0 unspecified atom stereocenters. The van der Waals surface area contributed by atoms with Crippen molar-refractivity contribution in [3.05, 3.63) is 14.7 Å². The van der Waals surface area contributed by atoms with Gasteiger partial charge in [0.1, 0.15) is 4.90 Å². The molecule has 0 aliphatic carbocycles. The van der Waals surface area contributed by atoms with Gasteiger partial charge in [0.15, 0.2) is 0 Å². The van der Waals surface area contributed by atoms with E-state index in [1.165, 1.54) is 11.3 Å². The largest absolute Gasteiger partial charge is 0.326 e. The van der Waals surface area contributed by atoms with Crippen LogP contribution >= 0.6 is 27.3 Å². The number of rotatable bonds is 8. The van der Waals surface area contributed by atoms with Gasteiger partial charge >= 0.3 is 0 Å². The van der Waals surface area contributed by atoms with Crippen LogP contribution in [-0.4, -0.2) is 15.0 Å². The van der Waals surface area contributed by atoms with Gasteiger partial charge in [0.05, 0.1) is 3.79 Å². The van der Waals surface area contributed by atoms with Crippen molar-refractivity contribution >= 4 is 37.3 Å². The van der Waals surface area contributed by atoms with E-state index in [9.17, 15) is 8.42 Å². The standard InChI is InChI=1S/C11H19BrN2O2S2/c1-2-3-4-5-6-14-18(15,16)10-7-9(8-13)17-11(10)12/h7,14H,2-6,8,13H2,1H3. The molecule has 104 valence electrons. The highest BCUT2D eigenvalue weighted by Gasteiger charge is 2.19. The third kappa shape index (κ3) is 4.62. The zero-order valence-electron chi connectivity index (χ0n) is 10.4. The molecule has 0 aromatic carbocycles. The van der Waals surface area contributed by atoms with Crippen molar-refractivity contribution in [2.45, 2.75) is 44.0 Å². The van der Waals surface area contributed by atoms with E-state index < -0.39 is 10.0 Å². The highest BCUT2D eigenvalue weighted by molar-refractivity contribution is 9.11. The third-order valence-corrected chi connectivity index (χ3v) is 6.26. The minimum Gasteiger partial charge on any atom is -0.326 e. The van der Waals surface area contributed by atoms with Gasteiger partial charge in [-0.2, -0.15) is 0 Å². The summed E-state index contributed by atoms with van der Waals surface area (Å²) in [7, 11) is -3.41. The van der Waals surface area contributed by atoms with Gasteiger partial charge in [-0.1, -0.05) is 26.2 Å². The molecule has 0 aliphatic heterocycles. The molecule has 0 saturated heterocycles. The molecular formula is C11H19BrN2O2S2. The van der Waals surface area contributed by atoms with Crippen LogP contribution in [0.5, 0.6) is 0 Å². The Morgan fingerprint density at radius 2 is 2.11 bits per heavy atom. The van der Waals surface area contributed by atoms with E-state index in [2.05, 4.69) is 27.6 Å². The second-order valence-electron chi connectivity index (χ2n) is 4.01. The monoisotopic (exact) mass is 354 g/mol. The second kappa shape index (κ2) is 7.59. The SMILES string of the molecule is CCCCCCNS(=O)(=O)c1cc(CN)sc1Br. The molecule has 1 heterocycles. The summed E-state index contributed by atoms with van der Waals surface area (Å²) < 4.78 is 27.3. The first kappa shape index (κ1) is 16.1. The average molecular weight is 355 g/mol. The van der Waals surface area contributed by atoms with Crippen molar-refractivity contribution in [1.29, 1.82) is 0 Å². The van der Waals surface area contributed by atoms with Crippen LogP contribution in [0.25, 0.3) is 0 Å². The maximum absolute atomic E-state index is 12.0. The molecule has 0 radical (unpaired) electrons. The van der Waals surface area contributed by atoms with E-state index in [0.717, 1.165) is 30.6 Å².